The van der Waals surface area contributed by atoms with E-state index in [0.717, 1.165) is 62.5 Å². The molecule has 3 heterocycles. The molecule has 134 valence electrons. The lowest BCUT2D eigenvalue weighted by atomic mass is 10.1. The molecule has 0 radical (unpaired) electrons. The zero-order valence-electron chi connectivity index (χ0n) is 15.2. The number of H-pyrrole nitrogens is 1. The third-order valence-electron chi connectivity index (χ3n) is 4.83. The van der Waals surface area contributed by atoms with Gasteiger partial charge in [-0.05, 0) is 45.1 Å². The second-order valence-electron chi connectivity index (χ2n) is 6.70. The average molecular weight is 342 g/mol. The maximum absolute atomic E-state index is 12.5. The van der Waals surface area contributed by atoms with Crippen molar-refractivity contribution in [2.24, 2.45) is 0 Å². The van der Waals surface area contributed by atoms with E-state index in [9.17, 15) is 4.79 Å². The van der Waals surface area contributed by atoms with Crippen LogP contribution in [-0.2, 0) is 6.42 Å². The predicted octanol–water partition coefficient (Wildman–Crippen LogP) is 2.12. The number of aromatic amines is 1. The van der Waals surface area contributed by atoms with Crippen molar-refractivity contribution in [2.45, 2.75) is 39.5 Å². The number of likely N-dealkylation sites (tertiary alicyclic amines) is 1. The standard InChI is InChI=1S/C18H26N6O/c1-13-15(14(2)22-21-13)7-6-8-23(3)17-12-19-11-16(20-17)18(25)24-9-4-5-10-24/h11-12H,4-10H2,1-3H3,(H,21,22). The Bertz CT molecular complexity index is 715. The molecule has 2 aromatic heterocycles. The van der Waals surface area contributed by atoms with Crippen molar-refractivity contribution in [2.75, 3.05) is 31.6 Å². The van der Waals surface area contributed by atoms with E-state index in [4.69, 9.17) is 0 Å². The van der Waals surface area contributed by atoms with Crippen molar-refractivity contribution in [3.05, 3.63) is 35.0 Å². The lowest BCUT2D eigenvalue weighted by Crippen LogP contribution is -2.29. The molecule has 7 nitrogen and oxygen atoms in total. The summed E-state index contributed by atoms with van der Waals surface area (Å²) in [6, 6.07) is 0. The Morgan fingerprint density at radius 1 is 1.28 bits per heavy atom. The Hall–Kier alpha value is -2.44. The van der Waals surface area contributed by atoms with Crippen LogP contribution in [0.25, 0.3) is 0 Å². The quantitative estimate of drug-likeness (QED) is 0.870. The number of hydrogen-bond acceptors (Lipinski definition) is 5. The Morgan fingerprint density at radius 2 is 2.04 bits per heavy atom. The summed E-state index contributed by atoms with van der Waals surface area (Å²) in [5, 5.41) is 7.26. The van der Waals surface area contributed by atoms with E-state index < -0.39 is 0 Å². The minimum absolute atomic E-state index is 0.00935. The highest BCUT2D eigenvalue weighted by molar-refractivity contribution is 5.92. The van der Waals surface area contributed by atoms with Gasteiger partial charge in [-0.15, -0.1) is 0 Å². The van der Waals surface area contributed by atoms with Gasteiger partial charge in [0.05, 0.1) is 18.1 Å². The van der Waals surface area contributed by atoms with Gasteiger partial charge in [0.2, 0.25) is 0 Å². The molecular weight excluding hydrogens is 316 g/mol. The summed E-state index contributed by atoms with van der Waals surface area (Å²) in [7, 11) is 1.99. The van der Waals surface area contributed by atoms with Gasteiger partial charge < -0.3 is 9.80 Å². The first kappa shape index (κ1) is 17.4. The number of rotatable bonds is 6. The molecule has 25 heavy (non-hydrogen) atoms. The van der Waals surface area contributed by atoms with E-state index >= 15 is 0 Å². The largest absolute Gasteiger partial charge is 0.358 e. The predicted molar refractivity (Wildman–Crippen MR) is 96.8 cm³/mol. The molecule has 1 aliphatic rings. The Morgan fingerprint density at radius 3 is 2.72 bits per heavy atom. The molecule has 0 spiro atoms. The Kier molecular flexibility index (Phi) is 5.31. The van der Waals surface area contributed by atoms with Gasteiger partial charge in [0.25, 0.3) is 5.91 Å². The molecule has 0 aliphatic carbocycles. The molecule has 0 saturated carbocycles. The number of nitrogens with one attached hydrogen (secondary N) is 1. The van der Waals surface area contributed by atoms with Crippen molar-refractivity contribution in [1.29, 1.82) is 0 Å². The number of nitrogens with zero attached hydrogens (tertiary/aromatic N) is 5. The van der Waals surface area contributed by atoms with Gasteiger partial charge in [0.1, 0.15) is 11.5 Å². The summed E-state index contributed by atoms with van der Waals surface area (Å²) >= 11 is 0. The van der Waals surface area contributed by atoms with Crippen LogP contribution in [0.1, 0.15) is 46.7 Å². The molecule has 0 bridgehead atoms. The smallest absolute Gasteiger partial charge is 0.274 e. The van der Waals surface area contributed by atoms with Crippen molar-refractivity contribution < 1.29 is 4.79 Å². The maximum atomic E-state index is 12.5. The van der Waals surface area contributed by atoms with Gasteiger partial charge >= 0.3 is 0 Å². The van der Waals surface area contributed by atoms with Crippen LogP contribution < -0.4 is 4.90 Å². The normalized spacial score (nSPS) is 14.1. The number of aromatic nitrogens is 4. The molecular formula is C18H26N6O. The zero-order valence-corrected chi connectivity index (χ0v) is 15.2. The first-order chi connectivity index (χ1) is 12.1. The minimum Gasteiger partial charge on any atom is -0.358 e. The number of hydrogen-bond donors (Lipinski definition) is 1. The van der Waals surface area contributed by atoms with E-state index in [1.807, 2.05) is 18.9 Å². The SMILES string of the molecule is Cc1n[nH]c(C)c1CCCN(C)c1cncc(C(=O)N2CCCC2)n1. The molecule has 1 amide bonds. The number of aryl methyl sites for hydroxylation is 2. The fourth-order valence-electron chi connectivity index (χ4n) is 3.27. The molecule has 2 aromatic rings. The molecule has 7 heteroatoms. The first-order valence-corrected chi connectivity index (χ1v) is 8.89. The van der Waals surface area contributed by atoms with Crippen LogP contribution in [0.4, 0.5) is 5.82 Å². The highest BCUT2D eigenvalue weighted by Gasteiger charge is 2.21. The fraction of sp³-hybridized carbons (Fsp3) is 0.556. The van der Waals surface area contributed by atoms with Crippen molar-refractivity contribution in [3.63, 3.8) is 0 Å². The van der Waals surface area contributed by atoms with E-state index in [1.54, 1.807) is 12.4 Å². The molecule has 0 atom stereocenters. The van der Waals surface area contributed by atoms with Crippen LogP contribution in [0.15, 0.2) is 12.4 Å². The van der Waals surface area contributed by atoms with Gasteiger partial charge in [-0.1, -0.05) is 0 Å². The van der Waals surface area contributed by atoms with Crippen molar-refractivity contribution in [3.8, 4) is 0 Å². The number of amides is 1. The van der Waals surface area contributed by atoms with E-state index in [1.165, 1.54) is 5.56 Å². The average Bonchev–Trinajstić information content (AvgIpc) is 3.26. The summed E-state index contributed by atoms with van der Waals surface area (Å²) in [4.78, 5) is 25.1. The summed E-state index contributed by atoms with van der Waals surface area (Å²) < 4.78 is 0. The van der Waals surface area contributed by atoms with Crippen LogP contribution >= 0.6 is 0 Å². The molecule has 1 saturated heterocycles. The third-order valence-corrected chi connectivity index (χ3v) is 4.83. The van der Waals surface area contributed by atoms with Gasteiger partial charge in [-0.2, -0.15) is 5.10 Å². The lowest BCUT2D eigenvalue weighted by Gasteiger charge is -2.19. The summed E-state index contributed by atoms with van der Waals surface area (Å²) in [5.41, 5.74) is 3.93. The van der Waals surface area contributed by atoms with E-state index in [0.29, 0.717) is 5.69 Å². The summed E-state index contributed by atoms with van der Waals surface area (Å²) in [6.07, 6.45) is 7.39. The number of anilines is 1. The van der Waals surface area contributed by atoms with Gasteiger partial charge in [0.15, 0.2) is 0 Å². The minimum atomic E-state index is -0.00935. The molecule has 0 unspecified atom stereocenters. The topological polar surface area (TPSA) is 78.0 Å². The molecule has 0 aromatic carbocycles. The molecule has 1 fully saturated rings. The highest BCUT2D eigenvalue weighted by Crippen LogP contribution is 2.15. The van der Waals surface area contributed by atoms with Crippen molar-refractivity contribution in [1.82, 2.24) is 25.1 Å². The maximum Gasteiger partial charge on any atom is 0.274 e. The van der Waals surface area contributed by atoms with E-state index in [2.05, 4.69) is 32.0 Å². The molecule has 3 rings (SSSR count). The summed E-state index contributed by atoms with van der Waals surface area (Å²) in [6.45, 7) is 6.58. The lowest BCUT2D eigenvalue weighted by molar-refractivity contribution is 0.0786. The molecule has 1 aliphatic heterocycles. The highest BCUT2D eigenvalue weighted by atomic mass is 16.2. The van der Waals surface area contributed by atoms with Crippen LogP contribution in [0, 0.1) is 13.8 Å². The van der Waals surface area contributed by atoms with Crippen LogP contribution in [0.5, 0.6) is 0 Å². The van der Waals surface area contributed by atoms with Gasteiger partial charge in [-0.25, -0.2) is 4.98 Å². The molecule has 1 N–H and O–H groups in total. The Balaban J connectivity index is 1.59. The van der Waals surface area contributed by atoms with Crippen LogP contribution in [-0.4, -0.2) is 57.7 Å². The number of carbonyl (C=O) groups excluding carboxylic acids is 1. The first-order valence-electron chi connectivity index (χ1n) is 8.89. The van der Waals surface area contributed by atoms with E-state index in [-0.39, 0.29) is 5.91 Å². The van der Waals surface area contributed by atoms with Crippen LogP contribution in [0.2, 0.25) is 0 Å². The van der Waals surface area contributed by atoms with Crippen LogP contribution in [0.3, 0.4) is 0 Å². The van der Waals surface area contributed by atoms with Gasteiger partial charge in [-0.3, -0.25) is 14.9 Å². The monoisotopic (exact) mass is 342 g/mol. The van der Waals surface area contributed by atoms with Crippen molar-refractivity contribution >= 4 is 11.7 Å². The second-order valence-corrected chi connectivity index (χ2v) is 6.70. The third kappa shape index (κ3) is 3.97. The van der Waals surface area contributed by atoms with Gasteiger partial charge in [0, 0.05) is 32.4 Å². The number of carbonyl (C=O) groups is 1. The Labute approximate surface area is 148 Å². The zero-order chi connectivity index (χ0) is 17.8. The summed E-state index contributed by atoms with van der Waals surface area (Å²) in [5.74, 6) is 0.732. The second kappa shape index (κ2) is 7.63. The fourth-order valence-corrected chi connectivity index (χ4v) is 3.27.